The smallest absolute Gasteiger partial charge is 0.306 e. The molecule has 102 valence electrons. The van der Waals surface area contributed by atoms with Crippen LogP contribution in [0.25, 0.3) is 0 Å². The number of ether oxygens (including phenoxy) is 1. The zero-order chi connectivity index (χ0) is 13.8. The molecule has 0 aliphatic carbocycles. The van der Waals surface area contributed by atoms with Crippen molar-refractivity contribution in [1.82, 2.24) is 0 Å². The molecule has 2 N–H and O–H groups in total. The first kappa shape index (κ1) is 15.2. The number of carbonyl (C=O) groups is 1. The molecule has 0 aliphatic rings. The largest absolute Gasteiger partial charge is 0.469 e. The van der Waals surface area contributed by atoms with Gasteiger partial charge in [0.05, 0.1) is 13.5 Å². The zero-order valence-electron chi connectivity index (χ0n) is 11.6. The molecule has 0 saturated heterocycles. The second kappa shape index (κ2) is 6.34. The number of thiophene rings is 1. The summed E-state index contributed by atoms with van der Waals surface area (Å²) >= 11 is 1.67. The van der Waals surface area contributed by atoms with E-state index in [1.165, 1.54) is 12.0 Å². The number of methoxy groups -OCH3 is 1. The molecule has 2 atom stereocenters. The van der Waals surface area contributed by atoms with Crippen LogP contribution in [0.4, 0.5) is 0 Å². The standard InChI is InChI=1S/C14H23NO2S/c1-5-11(15)14(10(2)3,9-13(16)17-4)12-7-6-8-18-12/h6-8,10-11H,5,9,15H2,1-4H3. The molecule has 1 rings (SSSR count). The second-order valence-corrected chi connectivity index (χ2v) is 5.89. The molecular weight excluding hydrogens is 246 g/mol. The van der Waals surface area contributed by atoms with Gasteiger partial charge in [-0.2, -0.15) is 0 Å². The molecule has 0 spiro atoms. The molecular formula is C14H23NO2S. The Balaban J connectivity index is 3.23. The second-order valence-electron chi connectivity index (χ2n) is 4.94. The van der Waals surface area contributed by atoms with Crippen molar-refractivity contribution in [2.24, 2.45) is 11.7 Å². The molecule has 3 nitrogen and oxygen atoms in total. The van der Waals surface area contributed by atoms with Gasteiger partial charge in [-0.05, 0) is 23.8 Å². The zero-order valence-corrected chi connectivity index (χ0v) is 12.4. The molecule has 0 amide bonds. The third-order valence-corrected chi connectivity index (χ3v) is 4.84. The van der Waals surface area contributed by atoms with Crippen LogP contribution in [0.2, 0.25) is 0 Å². The summed E-state index contributed by atoms with van der Waals surface area (Å²) in [6.07, 6.45) is 1.18. The first-order valence-electron chi connectivity index (χ1n) is 6.35. The molecule has 0 saturated carbocycles. The van der Waals surface area contributed by atoms with Gasteiger partial charge in [-0.15, -0.1) is 11.3 Å². The van der Waals surface area contributed by atoms with Gasteiger partial charge >= 0.3 is 5.97 Å². The van der Waals surface area contributed by atoms with E-state index in [2.05, 4.69) is 26.8 Å². The van der Waals surface area contributed by atoms with Crippen molar-refractivity contribution in [3.8, 4) is 0 Å². The van der Waals surface area contributed by atoms with E-state index in [1.54, 1.807) is 11.3 Å². The highest BCUT2D eigenvalue weighted by Crippen LogP contribution is 2.42. The quantitative estimate of drug-likeness (QED) is 0.808. The number of hydrogen-bond acceptors (Lipinski definition) is 4. The van der Waals surface area contributed by atoms with Gasteiger partial charge in [-0.3, -0.25) is 4.79 Å². The molecule has 1 aromatic rings. The van der Waals surface area contributed by atoms with Crippen LogP contribution in [0.5, 0.6) is 0 Å². The average Bonchev–Trinajstić information content (AvgIpc) is 2.88. The van der Waals surface area contributed by atoms with Crippen LogP contribution >= 0.6 is 11.3 Å². The summed E-state index contributed by atoms with van der Waals surface area (Å²) in [5.41, 5.74) is 6.02. The number of hydrogen-bond donors (Lipinski definition) is 1. The van der Waals surface area contributed by atoms with Crippen molar-refractivity contribution < 1.29 is 9.53 Å². The van der Waals surface area contributed by atoms with Crippen molar-refractivity contribution in [2.75, 3.05) is 7.11 Å². The van der Waals surface area contributed by atoms with Crippen LogP contribution in [-0.2, 0) is 14.9 Å². The minimum Gasteiger partial charge on any atom is -0.469 e. The van der Waals surface area contributed by atoms with Gasteiger partial charge in [-0.1, -0.05) is 26.8 Å². The summed E-state index contributed by atoms with van der Waals surface area (Å²) in [6, 6.07) is 4.04. The maximum absolute atomic E-state index is 11.8. The molecule has 1 heterocycles. The Morgan fingerprint density at radius 2 is 2.22 bits per heavy atom. The van der Waals surface area contributed by atoms with Crippen LogP contribution in [0.1, 0.15) is 38.5 Å². The van der Waals surface area contributed by atoms with Crippen LogP contribution < -0.4 is 5.73 Å². The number of carbonyl (C=O) groups excluding carboxylic acids is 1. The van der Waals surface area contributed by atoms with Crippen LogP contribution in [0, 0.1) is 5.92 Å². The van der Waals surface area contributed by atoms with Gasteiger partial charge in [0.1, 0.15) is 0 Å². The van der Waals surface area contributed by atoms with Gasteiger partial charge < -0.3 is 10.5 Å². The Kier molecular flexibility index (Phi) is 5.35. The molecule has 0 aromatic carbocycles. The van der Waals surface area contributed by atoms with E-state index in [1.807, 2.05) is 11.4 Å². The topological polar surface area (TPSA) is 52.3 Å². The number of nitrogens with two attached hydrogens (primary N) is 1. The van der Waals surface area contributed by atoms with Gasteiger partial charge in [0.25, 0.3) is 0 Å². The van der Waals surface area contributed by atoms with Crippen LogP contribution in [-0.4, -0.2) is 19.1 Å². The third-order valence-electron chi connectivity index (χ3n) is 3.78. The van der Waals surface area contributed by atoms with E-state index in [-0.39, 0.29) is 23.3 Å². The fourth-order valence-electron chi connectivity index (χ4n) is 2.54. The Morgan fingerprint density at radius 3 is 2.61 bits per heavy atom. The van der Waals surface area contributed by atoms with Crippen molar-refractivity contribution in [1.29, 1.82) is 0 Å². The van der Waals surface area contributed by atoms with Gasteiger partial charge in [-0.25, -0.2) is 0 Å². The summed E-state index contributed by atoms with van der Waals surface area (Å²) in [5, 5.41) is 2.03. The van der Waals surface area contributed by atoms with Crippen molar-refractivity contribution in [2.45, 2.75) is 45.1 Å². The summed E-state index contributed by atoms with van der Waals surface area (Å²) in [6.45, 7) is 6.31. The van der Waals surface area contributed by atoms with Crippen molar-refractivity contribution >= 4 is 17.3 Å². The first-order chi connectivity index (χ1) is 8.48. The van der Waals surface area contributed by atoms with E-state index in [4.69, 9.17) is 10.5 Å². The third kappa shape index (κ3) is 2.75. The highest BCUT2D eigenvalue weighted by Gasteiger charge is 2.43. The predicted molar refractivity (Wildman–Crippen MR) is 75.7 cm³/mol. The Hall–Kier alpha value is -0.870. The molecule has 0 bridgehead atoms. The van der Waals surface area contributed by atoms with E-state index >= 15 is 0 Å². The number of rotatable bonds is 6. The lowest BCUT2D eigenvalue weighted by molar-refractivity contribution is -0.143. The Morgan fingerprint density at radius 1 is 1.56 bits per heavy atom. The SMILES string of the molecule is CCC(N)C(CC(=O)OC)(c1cccs1)C(C)C. The molecule has 0 aliphatic heterocycles. The normalized spacial score (nSPS) is 16.3. The molecule has 0 fully saturated rings. The van der Waals surface area contributed by atoms with Gasteiger partial charge in [0.15, 0.2) is 0 Å². The number of esters is 1. The summed E-state index contributed by atoms with van der Waals surface area (Å²) < 4.78 is 4.86. The summed E-state index contributed by atoms with van der Waals surface area (Å²) in [7, 11) is 1.43. The maximum Gasteiger partial charge on any atom is 0.306 e. The van der Waals surface area contributed by atoms with E-state index in [0.717, 1.165) is 6.42 Å². The van der Waals surface area contributed by atoms with Crippen molar-refractivity contribution in [3.05, 3.63) is 22.4 Å². The first-order valence-corrected chi connectivity index (χ1v) is 7.23. The molecule has 0 radical (unpaired) electrons. The van der Waals surface area contributed by atoms with Crippen molar-refractivity contribution in [3.63, 3.8) is 0 Å². The molecule has 4 heteroatoms. The lowest BCUT2D eigenvalue weighted by Crippen LogP contribution is -2.50. The molecule has 18 heavy (non-hydrogen) atoms. The van der Waals surface area contributed by atoms with Crippen LogP contribution in [0.15, 0.2) is 17.5 Å². The maximum atomic E-state index is 11.8. The summed E-state index contributed by atoms with van der Waals surface area (Å²) in [5.74, 6) is 0.0891. The van der Waals surface area contributed by atoms with E-state index in [0.29, 0.717) is 6.42 Å². The Bertz CT molecular complexity index is 375. The fraction of sp³-hybridized carbons (Fsp3) is 0.643. The predicted octanol–water partition coefficient (Wildman–Crippen LogP) is 2.94. The lowest BCUT2D eigenvalue weighted by atomic mass is 9.67. The highest BCUT2D eigenvalue weighted by atomic mass is 32.1. The highest BCUT2D eigenvalue weighted by molar-refractivity contribution is 7.10. The molecule has 1 aromatic heterocycles. The van der Waals surface area contributed by atoms with E-state index in [9.17, 15) is 4.79 Å². The average molecular weight is 269 g/mol. The minimum absolute atomic E-state index is 0.0461. The lowest BCUT2D eigenvalue weighted by Gasteiger charge is -2.41. The van der Waals surface area contributed by atoms with Gasteiger partial charge in [0, 0.05) is 16.3 Å². The fourth-order valence-corrected chi connectivity index (χ4v) is 3.68. The minimum atomic E-state index is -0.323. The molecule has 2 unspecified atom stereocenters. The monoisotopic (exact) mass is 269 g/mol. The van der Waals surface area contributed by atoms with E-state index < -0.39 is 0 Å². The van der Waals surface area contributed by atoms with Crippen LogP contribution in [0.3, 0.4) is 0 Å². The van der Waals surface area contributed by atoms with Gasteiger partial charge in [0.2, 0.25) is 0 Å². The summed E-state index contributed by atoms with van der Waals surface area (Å²) in [4.78, 5) is 13.0. The Labute approximate surface area is 113 Å².